The summed E-state index contributed by atoms with van der Waals surface area (Å²) < 4.78 is 0. The van der Waals surface area contributed by atoms with Crippen LogP contribution in [0.4, 0.5) is 5.69 Å². The summed E-state index contributed by atoms with van der Waals surface area (Å²) in [6.07, 6.45) is 2.72. The molecule has 1 heterocycles. The summed E-state index contributed by atoms with van der Waals surface area (Å²) in [6, 6.07) is 15.0. The van der Waals surface area contributed by atoms with Crippen molar-refractivity contribution in [3.05, 3.63) is 66.5 Å². The predicted octanol–water partition coefficient (Wildman–Crippen LogP) is 3.19. The summed E-state index contributed by atoms with van der Waals surface area (Å²) in [5.41, 5.74) is 0.914. The molecule has 3 rings (SSSR count). The van der Waals surface area contributed by atoms with E-state index in [2.05, 4.69) is 10.3 Å². The molecule has 98 valence electrons. The van der Waals surface area contributed by atoms with Crippen LogP contribution in [-0.4, -0.2) is 16.0 Å². The Morgan fingerprint density at radius 3 is 2.70 bits per heavy atom. The van der Waals surface area contributed by atoms with Gasteiger partial charge < -0.3 is 10.4 Å². The number of aromatic nitrogens is 1. The number of aromatic hydroxyl groups is 1. The molecule has 0 aliphatic carbocycles. The molecule has 4 heteroatoms. The van der Waals surface area contributed by atoms with Crippen LogP contribution in [0.2, 0.25) is 0 Å². The molecule has 0 saturated carbocycles. The third-order valence-corrected chi connectivity index (χ3v) is 3.08. The highest BCUT2D eigenvalue weighted by Crippen LogP contribution is 2.24. The quantitative estimate of drug-likeness (QED) is 0.747. The molecule has 20 heavy (non-hydrogen) atoms. The van der Waals surface area contributed by atoms with E-state index in [1.807, 2.05) is 42.5 Å². The highest BCUT2D eigenvalue weighted by atomic mass is 16.3. The van der Waals surface area contributed by atoms with Crippen molar-refractivity contribution in [2.75, 3.05) is 5.32 Å². The number of nitrogens with one attached hydrogen (secondary N) is 1. The molecule has 0 bridgehead atoms. The highest BCUT2D eigenvalue weighted by Gasteiger charge is 2.12. The van der Waals surface area contributed by atoms with E-state index in [-0.39, 0.29) is 17.2 Å². The number of hydrogen-bond donors (Lipinski definition) is 2. The van der Waals surface area contributed by atoms with Gasteiger partial charge in [0, 0.05) is 17.3 Å². The van der Waals surface area contributed by atoms with E-state index in [0.29, 0.717) is 5.69 Å². The molecule has 0 saturated heterocycles. The van der Waals surface area contributed by atoms with Crippen LogP contribution in [0.25, 0.3) is 10.8 Å². The second-order valence-corrected chi connectivity index (χ2v) is 4.37. The minimum Gasteiger partial charge on any atom is -0.505 e. The van der Waals surface area contributed by atoms with Crippen molar-refractivity contribution in [1.82, 2.24) is 4.98 Å². The van der Waals surface area contributed by atoms with Crippen molar-refractivity contribution in [2.45, 2.75) is 0 Å². The molecule has 0 aliphatic heterocycles. The number of carbonyl (C=O) groups is 1. The Hall–Kier alpha value is -2.88. The molecule has 0 spiro atoms. The molecular weight excluding hydrogens is 252 g/mol. The van der Waals surface area contributed by atoms with Crippen LogP contribution in [-0.2, 0) is 0 Å². The minimum atomic E-state index is -0.360. The number of hydrogen-bond acceptors (Lipinski definition) is 3. The Bertz CT molecular complexity index is 779. The van der Waals surface area contributed by atoms with Gasteiger partial charge in [-0.2, -0.15) is 0 Å². The number of nitrogens with zero attached hydrogens (tertiary/aromatic N) is 1. The molecule has 2 aromatic carbocycles. The molecule has 1 aromatic heterocycles. The molecule has 0 unspecified atom stereocenters. The van der Waals surface area contributed by atoms with Gasteiger partial charge in [-0.15, -0.1) is 0 Å². The van der Waals surface area contributed by atoms with Gasteiger partial charge in [-0.05, 0) is 17.5 Å². The first-order chi connectivity index (χ1) is 9.75. The van der Waals surface area contributed by atoms with Crippen molar-refractivity contribution >= 4 is 22.4 Å². The number of amides is 1. The first-order valence-corrected chi connectivity index (χ1v) is 6.18. The van der Waals surface area contributed by atoms with Crippen molar-refractivity contribution in [3.8, 4) is 5.75 Å². The summed E-state index contributed by atoms with van der Waals surface area (Å²) in [7, 11) is 0. The number of carbonyl (C=O) groups excluding carboxylic acids is 1. The summed E-state index contributed by atoms with van der Waals surface area (Å²) >= 11 is 0. The smallest absolute Gasteiger partial charge is 0.259 e. The number of rotatable bonds is 2. The monoisotopic (exact) mass is 264 g/mol. The Morgan fingerprint density at radius 1 is 1.05 bits per heavy atom. The van der Waals surface area contributed by atoms with E-state index < -0.39 is 0 Å². The van der Waals surface area contributed by atoms with Gasteiger partial charge in [-0.3, -0.25) is 9.78 Å². The largest absolute Gasteiger partial charge is 0.505 e. The topological polar surface area (TPSA) is 62.2 Å². The third kappa shape index (κ3) is 2.19. The minimum absolute atomic E-state index is 0.134. The number of fused-ring (bicyclic) bond motifs is 1. The number of benzene rings is 2. The van der Waals surface area contributed by atoms with E-state index in [9.17, 15) is 9.90 Å². The molecule has 2 N–H and O–H groups in total. The van der Waals surface area contributed by atoms with Gasteiger partial charge in [0.15, 0.2) is 0 Å². The molecule has 3 aromatic rings. The second kappa shape index (κ2) is 5.01. The van der Waals surface area contributed by atoms with Crippen molar-refractivity contribution in [1.29, 1.82) is 0 Å². The van der Waals surface area contributed by atoms with Crippen LogP contribution in [0.3, 0.4) is 0 Å². The van der Waals surface area contributed by atoms with Crippen LogP contribution in [0.1, 0.15) is 10.4 Å². The number of pyridine rings is 1. The fourth-order valence-electron chi connectivity index (χ4n) is 2.10. The van der Waals surface area contributed by atoms with Crippen LogP contribution in [0, 0.1) is 0 Å². The standard InChI is InChI=1S/C16H12N2O2/c19-15-10-17-9-8-13(15)16(20)18-14-7-3-5-11-4-1-2-6-12(11)14/h1-10,19H,(H,18,20). The van der Waals surface area contributed by atoms with Crippen molar-refractivity contribution in [2.24, 2.45) is 0 Å². The molecule has 0 fully saturated rings. The Labute approximate surface area is 115 Å². The first-order valence-electron chi connectivity index (χ1n) is 6.18. The SMILES string of the molecule is O=C(Nc1cccc2ccccc12)c1ccncc1O. The lowest BCUT2D eigenvalue weighted by atomic mass is 10.1. The van der Waals surface area contributed by atoms with Crippen LogP contribution < -0.4 is 5.32 Å². The fraction of sp³-hybridized carbons (Fsp3) is 0. The normalized spacial score (nSPS) is 10.4. The Kier molecular flexibility index (Phi) is 3.05. The summed E-state index contributed by atoms with van der Waals surface area (Å²) in [4.78, 5) is 15.9. The van der Waals surface area contributed by atoms with E-state index in [1.165, 1.54) is 18.5 Å². The molecule has 4 nitrogen and oxygen atoms in total. The Balaban J connectivity index is 1.98. The predicted molar refractivity (Wildman–Crippen MR) is 77.8 cm³/mol. The average Bonchev–Trinajstić information content (AvgIpc) is 2.48. The zero-order valence-electron chi connectivity index (χ0n) is 10.6. The molecular formula is C16H12N2O2. The lowest BCUT2D eigenvalue weighted by Crippen LogP contribution is -2.12. The lowest BCUT2D eigenvalue weighted by Gasteiger charge is -2.09. The van der Waals surface area contributed by atoms with E-state index in [4.69, 9.17) is 0 Å². The van der Waals surface area contributed by atoms with Crippen molar-refractivity contribution in [3.63, 3.8) is 0 Å². The van der Waals surface area contributed by atoms with Gasteiger partial charge in [0.05, 0.1) is 11.8 Å². The average molecular weight is 264 g/mol. The van der Waals surface area contributed by atoms with Gasteiger partial charge in [-0.1, -0.05) is 36.4 Å². The van der Waals surface area contributed by atoms with E-state index in [0.717, 1.165) is 10.8 Å². The molecule has 0 atom stereocenters. The van der Waals surface area contributed by atoms with Gasteiger partial charge in [0.2, 0.25) is 0 Å². The summed E-state index contributed by atoms with van der Waals surface area (Å²) in [5.74, 6) is -0.494. The van der Waals surface area contributed by atoms with E-state index >= 15 is 0 Å². The molecule has 0 radical (unpaired) electrons. The summed E-state index contributed by atoms with van der Waals surface area (Å²) in [6.45, 7) is 0. The third-order valence-electron chi connectivity index (χ3n) is 3.08. The van der Waals surface area contributed by atoms with Crippen LogP contribution in [0.15, 0.2) is 60.9 Å². The first kappa shape index (κ1) is 12.2. The molecule has 0 aliphatic rings. The van der Waals surface area contributed by atoms with Gasteiger partial charge in [-0.25, -0.2) is 0 Å². The zero-order valence-corrected chi connectivity index (χ0v) is 10.6. The van der Waals surface area contributed by atoms with Gasteiger partial charge in [0.25, 0.3) is 5.91 Å². The van der Waals surface area contributed by atoms with E-state index in [1.54, 1.807) is 0 Å². The fourth-order valence-corrected chi connectivity index (χ4v) is 2.10. The zero-order chi connectivity index (χ0) is 13.9. The van der Waals surface area contributed by atoms with Crippen molar-refractivity contribution < 1.29 is 9.90 Å². The maximum Gasteiger partial charge on any atom is 0.259 e. The van der Waals surface area contributed by atoms with Crippen LogP contribution >= 0.6 is 0 Å². The van der Waals surface area contributed by atoms with Gasteiger partial charge in [0.1, 0.15) is 5.75 Å². The second-order valence-electron chi connectivity index (χ2n) is 4.37. The molecule has 1 amide bonds. The lowest BCUT2D eigenvalue weighted by molar-refractivity contribution is 0.102. The van der Waals surface area contributed by atoms with Crippen LogP contribution in [0.5, 0.6) is 5.75 Å². The maximum absolute atomic E-state index is 12.2. The Morgan fingerprint density at radius 2 is 1.85 bits per heavy atom. The van der Waals surface area contributed by atoms with Gasteiger partial charge >= 0.3 is 0 Å². The highest BCUT2D eigenvalue weighted by molar-refractivity contribution is 6.10. The maximum atomic E-state index is 12.2. The summed E-state index contributed by atoms with van der Waals surface area (Å²) in [5, 5.41) is 14.5. The number of anilines is 1.